The third-order valence-electron chi connectivity index (χ3n) is 5.44. The highest BCUT2D eigenvalue weighted by molar-refractivity contribution is 5.76. The Hall–Kier alpha value is -1.46. The number of piperidine rings is 1. The van der Waals surface area contributed by atoms with Crippen LogP contribution in [0.25, 0.3) is 0 Å². The van der Waals surface area contributed by atoms with E-state index in [0.29, 0.717) is 12.5 Å². The van der Waals surface area contributed by atoms with Crippen LogP contribution in [0.15, 0.2) is 24.5 Å². The summed E-state index contributed by atoms with van der Waals surface area (Å²) in [5.74, 6) is 0.231. The minimum Gasteiger partial charge on any atom is -0.356 e. The molecule has 0 aromatic carbocycles. The van der Waals surface area contributed by atoms with Gasteiger partial charge in [-0.05, 0) is 63.4 Å². The maximum absolute atomic E-state index is 12.3. The van der Waals surface area contributed by atoms with E-state index in [1.807, 2.05) is 18.5 Å². The predicted molar refractivity (Wildman–Crippen MR) is 100 cm³/mol. The zero-order chi connectivity index (χ0) is 17.3. The van der Waals surface area contributed by atoms with Gasteiger partial charge in [-0.2, -0.15) is 0 Å². The summed E-state index contributed by atoms with van der Waals surface area (Å²) in [6.45, 7) is 6.20. The van der Waals surface area contributed by atoms with Crippen molar-refractivity contribution in [1.82, 2.24) is 20.1 Å². The molecule has 0 spiro atoms. The Labute approximate surface area is 151 Å². The molecular weight excluding hydrogens is 312 g/mol. The first-order valence-electron chi connectivity index (χ1n) is 9.93. The molecule has 2 aliphatic heterocycles. The summed E-state index contributed by atoms with van der Waals surface area (Å²) in [4.78, 5) is 21.6. The van der Waals surface area contributed by atoms with Gasteiger partial charge in [0.25, 0.3) is 0 Å². The van der Waals surface area contributed by atoms with Gasteiger partial charge < -0.3 is 5.32 Å². The van der Waals surface area contributed by atoms with Crippen molar-refractivity contribution in [3.05, 3.63) is 30.1 Å². The van der Waals surface area contributed by atoms with E-state index in [9.17, 15) is 4.79 Å². The van der Waals surface area contributed by atoms with Gasteiger partial charge in [-0.15, -0.1) is 0 Å². The van der Waals surface area contributed by atoms with Crippen LogP contribution in [0.2, 0.25) is 0 Å². The normalized spacial score (nSPS) is 25.1. The van der Waals surface area contributed by atoms with Crippen LogP contribution in [0.1, 0.15) is 50.5 Å². The van der Waals surface area contributed by atoms with Crippen LogP contribution in [0.4, 0.5) is 0 Å². The molecule has 1 aromatic rings. The summed E-state index contributed by atoms with van der Waals surface area (Å²) in [5.41, 5.74) is 1.27. The van der Waals surface area contributed by atoms with Crippen molar-refractivity contribution in [1.29, 1.82) is 0 Å². The number of hydrogen-bond donors (Lipinski definition) is 1. The molecule has 0 aliphatic carbocycles. The van der Waals surface area contributed by atoms with Gasteiger partial charge in [-0.25, -0.2) is 0 Å². The van der Waals surface area contributed by atoms with Gasteiger partial charge >= 0.3 is 0 Å². The van der Waals surface area contributed by atoms with E-state index in [2.05, 4.69) is 26.2 Å². The Morgan fingerprint density at radius 2 is 1.88 bits per heavy atom. The molecule has 3 rings (SSSR count). The van der Waals surface area contributed by atoms with Gasteiger partial charge in [-0.1, -0.05) is 12.5 Å². The van der Waals surface area contributed by atoms with Crippen LogP contribution in [0.5, 0.6) is 0 Å². The second-order valence-corrected chi connectivity index (χ2v) is 7.44. The standard InChI is InChI=1S/C20H32N4O/c25-20-15-19-8-1-2-13-24(19)14-4-3-11-23(12-6-10-22-20)17-18-7-5-9-21-16-18/h5,7,9,16,19H,1-4,6,8,10-15,17H2,(H,22,25). The molecule has 0 bridgehead atoms. The average Bonchev–Trinajstić information content (AvgIpc) is 2.65. The van der Waals surface area contributed by atoms with Gasteiger partial charge in [-0.3, -0.25) is 19.6 Å². The van der Waals surface area contributed by atoms with Crippen LogP contribution in [0.3, 0.4) is 0 Å². The van der Waals surface area contributed by atoms with Crippen molar-refractivity contribution >= 4 is 5.91 Å². The fourth-order valence-electron chi connectivity index (χ4n) is 4.07. The molecule has 1 unspecified atom stereocenters. The van der Waals surface area contributed by atoms with Crippen LogP contribution in [-0.4, -0.2) is 59.5 Å². The van der Waals surface area contributed by atoms with Gasteiger partial charge in [0, 0.05) is 44.5 Å². The van der Waals surface area contributed by atoms with Crippen LogP contribution >= 0.6 is 0 Å². The molecule has 2 aliphatic rings. The van der Waals surface area contributed by atoms with E-state index >= 15 is 0 Å². The van der Waals surface area contributed by atoms with Gasteiger partial charge in [0.1, 0.15) is 0 Å². The highest BCUT2D eigenvalue weighted by Crippen LogP contribution is 2.20. The first kappa shape index (κ1) is 18.3. The third kappa shape index (κ3) is 6.08. The highest BCUT2D eigenvalue weighted by Gasteiger charge is 2.24. The number of hydrogen-bond acceptors (Lipinski definition) is 4. The van der Waals surface area contributed by atoms with Crippen LogP contribution in [-0.2, 0) is 11.3 Å². The molecule has 5 heteroatoms. The first-order chi connectivity index (χ1) is 12.3. The number of rotatable bonds is 2. The van der Waals surface area contributed by atoms with Gasteiger partial charge in [0.15, 0.2) is 0 Å². The molecule has 5 nitrogen and oxygen atoms in total. The van der Waals surface area contributed by atoms with Crippen molar-refractivity contribution in [2.75, 3.05) is 32.7 Å². The molecule has 1 aromatic heterocycles. The molecule has 0 radical (unpaired) electrons. The van der Waals surface area contributed by atoms with Crippen LogP contribution < -0.4 is 5.32 Å². The summed E-state index contributed by atoms with van der Waals surface area (Å²) < 4.78 is 0. The quantitative estimate of drug-likeness (QED) is 0.895. The second-order valence-electron chi connectivity index (χ2n) is 7.44. The number of carbonyl (C=O) groups is 1. The smallest absolute Gasteiger partial charge is 0.221 e. The van der Waals surface area contributed by atoms with E-state index in [0.717, 1.165) is 45.7 Å². The van der Waals surface area contributed by atoms with E-state index in [4.69, 9.17) is 0 Å². The Bertz CT molecular complexity index is 522. The summed E-state index contributed by atoms with van der Waals surface area (Å²) in [5, 5.41) is 3.13. The lowest BCUT2D eigenvalue weighted by Crippen LogP contribution is -2.43. The summed E-state index contributed by atoms with van der Waals surface area (Å²) in [7, 11) is 0. The highest BCUT2D eigenvalue weighted by atomic mass is 16.1. The molecule has 0 saturated carbocycles. The SMILES string of the molecule is O=C1CC2CCCCN2CCCCN(Cc2cccnc2)CCCN1. The average molecular weight is 345 g/mol. The van der Waals surface area contributed by atoms with E-state index < -0.39 is 0 Å². The second kappa shape index (κ2) is 9.88. The molecule has 2 saturated heterocycles. The number of amides is 1. The number of nitrogens with zero attached hydrogens (tertiary/aromatic N) is 3. The third-order valence-corrected chi connectivity index (χ3v) is 5.44. The lowest BCUT2D eigenvalue weighted by Gasteiger charge is -2.35. The zero-order valence-electron chi connectivity index (χ0n) is 15.3. The fraction of sp³-hybridized carbons (Fsp3) is 0.700. The maximum Gasteiger partial charge on any atom is 0.221 e. The molecular formula is C20H32N4O. The molecule has 1 atom stereocenters. The molecule has 2 fully saturated rings. The summed E-state index contributed by atoms with van der Waals surface area (Å²) in [6.07, 6.45) is 11.7. The van der Waals surface area contributed by atoms with Crippen molar-refractivity contribution in [3.8, 4) is 0 Å². The molecule has 1 amide bonds. The lowest BCUT2D eigenvalue weighted by atomic mass is 9.98. The molecule has 3 heterocycles. The topological polar surface area (TPSA) is 48.5 Å². The van der Waals surface area contributed by atoms with Gasteiger partial charge in [0.2, 0.25) is 5.91 Å². The Morgan fingerprint density at radius 1 is 1.08 bits per heavy atom. The van der Waals surface area contributed by atoms with Crippen molar-refractivity contribution in [2.45, 2.75) is 57.5 Å². The monoisotopic (exact) mass is 344 g/mol. The number of aromatic nitrogens is 1. The molecule has 25 heavy (non-hydrogen) atoms. The largest absolute Gasteiger partial charge is 0.356 e. The predicted octanol–water partition coefficient (Wildman–Crippen LogP) is 2.43. The first-order valence-corrected chi connectivity index (χ1v) is 9.93. The van der Waals surface area contributed by atoms with E-state index in [1.54, 1.807) is 0 Å². The number of fused-ring (bicyclic) bond motifs is 1. The maximum atomic E-state index is 12.3. The number of carbonyl (C=O) groups excluding carboxylic acids is 1. The lowest BCUT2D eigenvalue weighted by molar-refractivity contribution is -0.122. The number of nitrogens with one attached hydrogen (secondary N) is 1. The Morgan fingerprint density at radius 3 is 2.72 bits per heavy atom. The van der Waals surface area contributed by atoms with Crippen molar-refractivity contribution in [2.24, 2.45) is 0 Å². The minimum absolute atomic E-state index is 0.231. The summed E-state index contributed by atoms with van der Waals surface area (Å²) >= 11 is 0. The minimum atomic E-state index is 0.231. The Kier molecular flexibility index (Phi) is 7.24. The molecule has 138 valence electrons. The van der Waals surface area contributed by atoms with Crippen LogP contribution in [0, 0.1) is 0 Å². The molecule has 1 N–H and O–H groups in total. The number of pyridine rings is 1. The fourth-order valence-corrected chi connectivity index (χ4v) is 4.07. The van der Waals surface area contributed by atoms with E-state index in [1.165, 1.54) is 37.7 Å². The summed E-state index contributed by atoms with van der Waals surface area (Å²) in [6, 6.07) is 4.61. The van der Waals surface area contributed by atoms with Crippen molar-refractivity contribution in [3.63, 3.8) is 0 Å². The van der Waals surface area contributed by atoms with Gasteiger partial charge in [0.05, 0.1) is 0 Å². The zero-order valence-corrected chi connectivity index (χ0v) is 15.3. The Balaban J connectivity index is 1.57. The van der Waals surface area contributed by atoms with Crippen molar-refractivity contribution < 1.29 is 4.79 Å². The van der Waals surface area contributed by atoms with E-state index in [-0.39, 0.29) is 5.91 Å².